The number of benzene rings is 7. The zero-order valence-corrected chi connectivity index (χ0v) is 24.9. The fraction of sp³-hybridized carbons (Fsp3) is 0. The Hall–Kier alpha value is -6.37. The summed E-state index contributed by atoms with van der Waals surface area (Å²) in [4.78, 5) is 0. The van der Waals surface area contributed by atoms with Crippen molar-refractivity contribution in [2.45, 2.75) is 0 Å². The van der Waals surface area contributed by atoms with Crippen LogP contribution in [0.5, 0.6) is 0 Å². The van der Waals surface area contributed by atoms with Crippen molar-refractivity contribution in [2.24, 2.45) is 0 Å². The number of rotatable bonds is 4. The minimum Gasteiger partial charge on any atom is -0.309 e. The second-order valence-electron chi connectivity index (χ2n) is 11.7. The lowest BCUT2D eigenvalue weighted by Crippen LogP contribution is -1.98. The van der Waals surface area contributed by atoms with E-state index in [9.17, 15) is 5.26 Å². The maximum atomic E-state index is 9.86. The third kappa shape index (κ3) is 3.98. The highest BCUT2D eigenvalue weighted by molar-refractivity contribution is 6.12. The summed E-state index contributed by atoms with van der Waals surface area (Å²) < 4.78 is 4.68. The first-order valence-electron chi connectivity index (χ1n) is 15.5. The molecule has 0 aliphatic carbocycles. The van der Waals surface area contributed by atoms with Crippen LogP contribution in [0.1, 0.15) is 5.56 Å². The molecule has 7 aromatic carbocycles. The van der Waals surface area contributed by atoms with Crippen molar-refractivity contribution < 1.29 is 0 Å². The van der Waals surface area contributed by atoms with Gasteiger partial charge in [0.05, 0.1) is 39.4 Å². The maximum absolute atomic E-state index is 9.86. The van der Waals surface area contributed by atoms with Crippen LogP contribution in [-0.2, 0) is 0 Å². The van der Waals surface area contributed by atoms with Crippen LogP contribution < -0.4 is 0 Å². The summed E-state index contributed by atoms with van der Waals surface area (Å²) in [6, 6.07) is 60.2. The molecule has 0 radical (unpaired) electrons. The number of nitrogens with zero attached hydrogens (tertiary/aromatic N) is 3. The highest BCUT2D eigenvalue weighted by Gasteiger charge is 2.18. The van der Waals surface area contributed by atoms with Crippen molar-refractivity contribution in [3.05, 3.63) is 169 Å². The van der Waals surface area contributed by atoms with Crippen molar-refractivity contribution in [1.82, 2.24) is 9.13 Å². The Bertz CT molecular complexity index is 2630. The lowest BCUT2D eigenvalue weighted by atomic mass is 10.0. The first kappa shape index (κ1) is 26.1. The predicted molar refractivity (Wildman–Crippen MR) is 191 cm³/mol. The largest absolute Gasteiger partial charge is 0.309 e. The molecule has 0 saturated carbocycles. The van der Waals surface area contributed by atoms with Crippen LogP contribution >= 0.6 is 0 Å². The molecule has 0 bridgehead atoms. The summed E-state index contributed by atoms with van der Waals surface area (Å²) in [5.41, 5.74) is 11.9. The molecule has 9 aromatic rings. The van der Waals surface area contributed by atoms with E-state index in [4.69, 9.17) is 0 Å². The summed E-state index contributed by atoms with van der Waals surface area (Å²) in [5, 5.41) is 14.7. The Morgan fingerprint density at radius 3 is 1.74 bits per heavy atom. The second kappa shape index (κ2) is 10.4. The molecular weight excluding hydrogens is 558 g/mol. The zero-order valence-electron chi connectivity index (χ0n) is 24.9. The Balaban J connectivity index is 1.28. The third-order valence-corrected chi connectivity index (χ3v) is 9.15. The van der Waals surface area contributed by atoms with E-state index in [-0.39, 0.29) is 0 Å². The van der Waals surface area contributed by atoms with Gasteiger partial charge in [-0.25, -0.2) is 0 Å². The number of fused-ring (bicyclic) bond motifs is 6. The van der Waals surface area contributed by atoms with E-state index < -0.39 is 0 Å². The van der Waals surface area contributed by atoms with E-state index in [0.717, 1.165) is 39.1 Å². The highest BCUT2D eigenvalue weighted by Crippen LogP contribution is 2.40. The maximum Gasteiger partial charge on any atom is 0.0992 e. The molecule has 9 rings (SSSR count). The average molecular weight is 586 g/mol. The molecule has 3 heteroatoms. The number of aromatic nitrogens is 2. The summed E-state index contributed by atoms with van der Waals surface area (Å²) in [6.45, 7) is 0. The van der Waals surface area contributed by atoms with Crippen molar-refractivity contribution >= 4 is 43.6 Å². The van der Waals surface area contributed by atoms with Crippen LogP contribution in [0.4, 0.5) is 0 Å². The van der Waals surface area contributed by atoms with Gasteiger partial charge in [-0.15, -0.1) is 0 Å². The molecule has 0 saturated heterocycles. The molecule has 0 atom stereocenters. The van der Waals surface area contributed by atoms with Crippen LogP contribution in [0.25, 0.3) is 77.2 Å². The van der Waals surface area contributed by atoms with Gasteiger partial charge in [0, 0.05) is 32.8 Å². The standard InChI is InChI=1S/C43H27N3/c44-28-29-19-22-34(30-11-3-1-4-12-30)42(25-29)46-40-18-10-8-16-36(40)38-26-31(21-24-41(38)46)32-20-23-37-35-15-7-9-17-39(35)45(43(37)27-32)33-13-5-2-6-14-33/h1-27H. The normalized spacial score (nSPS) is 11.5. The van der Waals surface area contributed by atoms with E-state index in [0.29, 0.717) is 5.56 Å². The van der Waals surface area contributed by atoms with E-state index >= 15 is 0 Å². The fourth-order valence-corrected chi connectivity index (χ4v) is 7.07. The lowest BCUT2D eigenvalue weighted by molar-refractivity contribution is 1.18. The Kier molecular flexibility index (Phi) is 5.88. The lowest BCUT2D eigenvalue weighted by Gasteiger charge is -2.15. The van der Waals surface area contributed by atoms with Crippen LogP contribution in [0.2, 0.25) is 0 Å². The first-order valence-corrected chi connectivity index (χ1v) is 15.5. The van der Waals surface area contributed by atoms with Gasteiger partial charge in [-0.2, -0.15) is 5.26 Å². The van der Waals surface area contributed by atoms with Crippen LogP contribution in [0.15, 0.2) is 164 Å². The number of para-hydroxylation sites is 3. The molecule has 0 fully saturated rings. The Labute approximate surface area is 266 Å². The van der Waals surface area contributed by atoms with Crippen LogP contribution in [0, 0.1) is 11.3 Å². The van der Waals surface area contributed by atoms with Gasteiger partial charge in [-0.05, 0) is 71.3 Å². The smallest absolute Gasteiger partial charge is 0.0992 e. The second-order valence-corrected chi connectivity index (χ2v) is 11.7. The number of hydrogen-bond acceptors (Lipinski definition) is 1. The SMILES string of the molecule is N#Cc1ccc(-c2ccccc2)c(-n2c3ccccc3c3cc(-c4ccc5c6ccccc6n(-c6ccccc6)c5c4)ccc32)c1. The van der Waals surface area contributed by atoms with Crippen molar-refractivity contribution in [2.75, 3.05) is 0 Å². The molecule has 0 spiro atoms. The molecular formula is C43H27N3. The van der Waals surface area contributed by atoms with E-state index in [1.807, 2.05) is 18.2 Å². The third-order valence-electron chi connectivity index (χ3n) is 9.15. The van der Waals surface area contributed by atoms with Crippen LogP contribution in [-0.4, -0.2) is 9.13 Å². The summed E-state index contributed by atoms with van der Waals surface area (Å²) in [5.74, 6) is 0. The molecule has 2 aromatic heterocycles. The molecule has 3 nitrogen and oxygen atoms in total. The van der Waals surface area contributed by atoms with Crippen molar-refractivity contribution in [3.63, 3.8) is 0 Å². The van der Waals surface area contributed by atoms with Gasteiger partial charge >= 0.3 is 0 Å². The van der Waals surface area contributed by atoms with Crippen LogP contribution in [0.3, 0.4) is 0 Å². The summed E-state index contributed by atoms with van der Waals surface area (Å²) in [7, 11) is 0. The quantitative estimate of drug-likeness (QED) is 0.202. The Morgan fingerprint density at radius 2 is 0.978 bits per heavy atom. The minimum absolute atomic E-state index is 0.638. The number of nitriles is 1. The van der Waals surface area contributed by atoms with Gasteiger partial charge in [0.25, 0.3) is 0 Å². The molecule has 0 unspecified atom stereocenters. The van der Waals surface area contributed by atoms with Crippen molar-refractivity contribution in [1.29, 1.82) is 5.26 Å². The van der Waals surface area contributed by atoms with E-state index in [1.54, 1.807) is 0 Å². The van der Waals surface area contributed by atoms with Gasteiger partial charge in [-0.1, -0.05) is 109 Å². The van der Waals surface area contributed by atoms with Crippen molar-refractivity contribution in [3.8, 4) is 39.7 Å². The average Bonchev–Trinajstić information content (AvgIpc) is 3.64. The molecule has 2 heterocycles. The molecule has 0 aliphatic rings. The first-order chi connectivity index (χ1) is 22.8. The van der Waals surface area contributed by atoms with Gasteiger partial charge in [0.2, 0.25) is 0 Å². The molecule has 214 valence electrons. The summed E-state index contributed by atoms with van der Waals surface area (Å²) >= 11 is 0. The van der Waals surface area contributed by atoms with Gasteiger partial charge < -0.3 is 9.13 Å². The monoisotopic (exact) mass is 585 g/mol. The predicted octanol–water partition coefficient (Wildman–Crippen LogP) is 11.1. The number of hydrogen-bond donors (Lipinski definition) is 0. The van der Waals surface area contributed by atoms with Gasteiger partial charge in [-0.3, -0.25) is 0 Å². The molecule has 0 aliphatic heterocycles. The molecule has 0 N–H and O–H groups in total. The molecule has 46 heavy (non-hydrogen) atoms. The summed E-state index contributed by atoms with van der Waals surface area (Å²) in [6.07, 6.45) is 0. The Morgan fingerprint density at radius 1 is 0.391 bits per heavy atom. The van der Waals surface area contributed by atoms with E-state index in [2.05, 4.69) is 161 Å². The topological polar surface area (TPSA) is 33.6 Å². The zero-order chi connectivity index (χ0) is 30.6. The molecule has 0 amide bonds. The van der Waals surface area contributed by atoms with E-state index in [1.165, 1.54) is 38.1 Å². The highest BCUT2D eigenvalue weighted by atomic mass is 15.0. The minimum atomic E-state index is 0.638. The van der Waals surface area contributed by atoms with Gasteiger partial charge in [0.15, 0.2) is 0 Å². The van der Waals surface area contributed by atoms with Gasteiger partial charge in [0.1, 0.15) is 0 Å². The fourth-order valence-electron chi connectivity index (χ4n) is 7.07.